The summed E-state index contributed by atoms with van der Waals surface area (Å²) in [5.74, 6) is 0.542. The third kappa shape index (κ3) is 2.33. The number of anilines is 1. The van der Waals surface area contributed by atoms with Crippen LogP contribution in [-0.4, -0.2) is 22.0 Å². The topological polar surface area (TPSA) is 58.2 Å². The van der Waals surface area contributed by atoms with E-state index < -0.39 is 10.0 Å². The minimum absolute atomic E-state index is 0.289. The van der Waals surface area contributed by atoms with Gasteiger partial charge in [0.25, 0.3) is 0 Å². The Morgan fingerprint density at radius 3 is 2.15 bits per heavy atom. The lowest BCUT2D eigenvalue weighted by Gasteiger charge is -2.12. The first-order valence-corrected chi connectivity index (χ1v) is 8.39. The van der Waals surface area contributed by atoms with Crippen LogP contribution in [0.3, 0.4) is 0 Å². The van der Waals surface area contributed by atoms with Gasteiger partial charge >= 0.3 is 0 Å². The monoisotopic (exact) mass is 296 g/mol. The molecule has 0 heterocycles. The van der Waals surface area contributed by atoms with Crippen LogP contribution in [0.5, 0.6) is 0 Å². The van der Waals surface area contributed by atoms with Crippen molar-refractivity contribution in [3.8, 4) is 0 Å². The summed E-state index contributed by atoms with van der Waals surface area (Å²) < 4.78 is 26.3. The molecule has 0 amide bonds. The number of rotatable bonds is 5. The van der Waals surface area contributed by atoms with Gasteiger partial charge in [-0.15, -0.1) is 0 Å². The Bertz CT molecular complexity index is 592. The van der Waals surface area contributed by atoms with Crippen LogP contribution in [0.25, 0.3) is 0 Å². The first kappa shape index (κ1) is 15.3. The van der Waals surface area contributed by atoms with Crippen LogP contribution in [0.4, 0.5) is 5.69 Å². The zero-order valence-electron chi connectivity index (χ0n) is 12.8. The molecular weight excluding hydrogens is 272 g/mol. The van der Waals surface area contributed by atoms with E-state index in [1.165, 1.54) is 7.05 Å². The Morgan fingerprint density at radius 1 is 1.10 bits per heavy atom. The van der Waals surface area contributed by atoms with Crippen LogP contribution in [0.1, 0.15) is 27.7 Å². The molecule has 1 aromatic rings. The molecule has 20 heavy (non-hydrogen) atoms. The van der Waals surface area contributed by atoms with Crippen LogP contribution >= 0.6 is 0 Å². The van der Waals surface area contributed by atoms with Crippen LogP contribution in [-0.2, 0) is 10.0 Å². The van der Waals surface area contributed by atoms with E-state index in [0.29, 0.717) is 16.5 Å². The van der Waals surface area contributed by atoms with Gasteiger partial charge in [0.1, 0.15) is 4.90 Å². The summed E-state index contributed by atoms with van der Waals surface area (Å²) in [6.45, 7) is 9.83. The first-order valence-electron chi connectivity index (χ1n) is 6.91. The Morgan fingerprint density at radius 2 is 1.65 bits per heavy atom. The van der Waals surface area contributed by atoms with Crippen LogP contribution in [0.2, 0.25) is 0 Å². The van der Waals surface area contributed by atoms with Crippen molar-refractivity contribution in [1.82, 2.24) is 4.72 Å². The van der Waals surface area contributed by atoms with Crippen LogP contribution in [0, 0.1) is 16.7 Å². The van der Waals surface area contributed by atoms with Gasteiger partial charge < -0.3 is 5.32 Å². The maximum atomic E-state index is 12.0. The molecule has 5 heteroatoms. The fraction of sp³-hybridized carbons (Fsp3) is 0.600. The highest BCUT2D eigenvalue weighted by atomic mass is 32.2. The summed E-state index contributed by atoms with van der Waals surface area (Å²) in [6, 6.07) is 7.02. The fourth-order valence-electron chi connectivity index (χ4n) is 3.01. The molecule has 1 saturated carbocycles. The van der Waals surface area contributed by atoms with Gasteiger partial charge in [-0.25, -0.2) is 13.1 Å². The lowest BCUT2D eigenvalue weighted by Crippen LogP contribution is -2.20. The molecule has 0 spiro atoms. The average molecular weight is 296 g/mol. The Balaban J connectivity index is 2.17. The fourth-order valence-corrected chi connectivity index (χ4v) is 3.92. The third-order valence-corrected chi connectivity index (χ3v) is 6.73. The van der Waals surface area contributed by atoms with Crippen molar-refractivity contribution in [2.24, 2.45) is 16.7 Å². The second-order valence-electron chi connectivity index (χ2n) is 6.58. The van der Waals surface area contributed by atoms with E-state index in [2.05, 4.69) is 37.7 Å². The Kier molecular flexibility index (Phi) is 3.63. The van der Waals surface area contributed by atoms with Gasteiger partial charge in [-0.3, -0.25) is 0 Å². The molecule has 1 aliphatic rings. The summed E-state index contributed by atoms with van der Waals surface area (Å²) in [5.41, 5.74) is 1.24. The molecular formula is C15H24N2O2S. The molecule has 0 aliphatic heterocycles. The number of nitrogens with one attached hydrogen (secondary N) is 2. The molecule has 0 atom stereocenters. The molecule has 0 unspecified atom stereocenters. The van der Waals surface area contributed by atoms with Crippen molar-refractivity contribution < 1.29 is 8.42 Å². The number of para-hydroxylation sites is 1. The first-order chi connectivity index (χ1) is 9.14. The van der Waals surface area contributed by atoms with Gasteiger partial charge in [-0.2, -0.15) is 0 Å². The lowest BCUT2D eigenvalue weighted by atomic mass is 10.0. The van der Waals surface area contributed by atoms with E-state index in [4.69, 9.17) is 0 Å². The summed E-state index contributed by atoms with van der Waals surface area (Å²) in [7, 11) is -2.00. The highest BCUT2D eigenvalue weighted by molar-refractivity contribution is 7.89. The maximum absolute atomic E-state index is 12.0. The average Bonchev–Trinajstić information content (AvgIpc) is 2.77. The second-order valence-corrected chi connectivity index (χ2v) is 8.44. The molecule has 0 radical (unpaired) electrons. The minimum atomic E-state index is -3.43. The zero-order valence-corrected chi connectivity index (χ0v) is 13.6. The molecule has 1 aliphatic carbocycles. The molecule has 4 nitrogen and oxygen atoms in total. The van der Waals surface area contributed by atoms with Gasteiger partial charge in [0.2, 0.25) is 10.0 Å². The lowest BCUT2D eigenvalue weighted by molar-refractivity contribution is 0.457. The number of benzene rings is 1. The molecule has 2 N–H and O–H groups in total. The Labute approximate surface area is 122 Å². The molecule has 0 aromatic heterocycles. The second kappa shape index (κ2) is 4.74. The van der Waals surface area contributed by atoms with Crippen molar-refractivity contribution >= 4 is 15.7 Å². The van der Waals surface area contributed by atoms with Crippen molar-refractivity contribution in [2.75, 3.05) is 18.9 Å². The standard InChI is InChI=1S/C15H24N2O2S/c1-14(2)13(15(14,3)4)10-17-11-8-6-7-9-12(11)20(18,19)16-5/h6-9,13,16-17H,10H2,1-5H3. The summed E-state index contributed by atoms with van der Waals surface area (Å²) in [6.07, 6.45) is 0. The predicted molar refractivity (Wildman–Crippen MR) is 82.2 cm³/mol. The highest BCUT2D eigenvalue weighted by Crippen LogP contribution is 2.68. The van der Waals surface area contributed by atoms with E-state index in [9.17, 15) is 8.42 Å². The Hall–Kier alpha value is -1.07. The molecule has 1 fully saturated rings. The van der Waals surface area contributed by atoms with Crippen molar-refractivity contribution in [3.05, 3.63) is 24.3 Å². The van der Waals surface area contributed by atoms with E-state index in [-0.39, 0.29) is 10.8 Å². The van der Waals surface area contributed by atoms with Crippen molar-refractivity contribution in [2.45, 2.75) is 32.6 Å². The number of sulfonamides is 1. The molecule has 2 rings (SSSR count). The number of hydrogen-bond donors (Lipinski definition) is 2. The van der Waals surface area contributed by atoms with Crippen molar-refractivity contribution in [3.63, 3.8) is 0 Å². The largest absolute Gasteiger partial charge is 0.384 e. The highest BCUT2D eigenvalue weighted by Gasteiger charge is 2.64. The summed E-state index contributed by atoms with van der Waals surface area (Å²) >= 11 is 0. The van der Waals surface area contributed by atoms with Crippen molar-refractivity contribution in [1.29, 1.82) is 0 Å². The normalized spacial score (nSPS) is 20.6. The predicted octanol–water partition coefficient (Wildman–Crippen LogP) is 2.69. The van der Waals surface area contributed by atoms with Gasteiger partial charge in [0.05, 0.1) is 5.69 Å². The van der Waals surface area contributed by atoms with E-state index in [1.807, 2.05) is 12.1 Å². The van der Waals surface area contributed by atoms with E-state index >= 15 is 0 Å². The van der Waals surface area contributed by atoms with Gasteiger partial charge in [0.15, 0.2) is 0 Å². The van der Waals surface area contributed by atoms with E-state index in [0.717, 1.165) is 6.54 Å². The minimum Gasteiger partial charge on any atom is -0.384 e. The molecule has 0 bridgehead atoms. The zero-order chi connectivity index (χ0) is 15.2. The third-order valence-electron chi connectivity index (χ3n) is 5.26. The molecule has 112 valence electrons. The van der Waals surface area contributed by atoms with Crippen LogP contribution < -0.4 is 10.0 Å². The summed E-state index contributed by atoms with van der Waals surface area (Å²) in [5, 5.41) is 3.31. The quantitative estimate of drug-likeness (QED) is 0.878. The van der Waals surface area contributed by atoms with Gasteiger partial charge in [0, 0.05) is 6.54 Å². The molecule has 1 aromatic carbocycles. The van der Waals surface area contributed by atoms with Gasteiger partial charge in [-0.1, -0.05) is 39.8 Å². The smallest absolute Gasteiger partial charge is 0.242 e. The number of hydrogen-bond acceptors (Lipinski definition) is 3. The maximum Gasteiger partial charge on any atom is 0.242 e. The SMILES string of the molecule is CNS(=O)(=O)c1ccccc1NCC1C(C)(C)C1(C)C. The summed E-state index contributed by atoms with van der Waals surface area (Å²) in [4.78, 5) is 0.304. The van der Waals surface area contributed by atoms with Gasteiger partial charge in [-0.05, 0) is 35.9 Å². The molecule has 0 saturated heterocycles. The van der Waals surface area contributed by atoms with E-state index in [1.54, 1.807) is 12.1 Å². The van der Waals surface area contributed by atoms with Crippen LogP contribution in [0.15, 0.2) is 29.2 Å².